The number of unbranched alkanes of at least 4 members (excludes halogenated alkanes) is 1. The number of anilines is 1. The molecule has 2 N–H and O–H groups in total. The molecule has 0 bridgehead atoms. The molecule has 0 aliphatic rings. The average Bonchev–Trinajstić information content (AvgIpc) is 2.37. The molecule has 104 valence electrons. The molecular weight excluding hydrogens is 242 g/mol. The van der Waals surface area contributed by atoms with Crippen LogP contribution in [0.5, 0.6) is 0 Å². The van der Waals surface area contributed by atoms with E-state index in [0.29, 0.717) is 5.69 Å². The first-order valence-corrected chi connectivity index (χ1v) is 6.64. The largest absolute Gasteiger partial charge is 0.481 e. The first-order chi connectivity index (χ1) is 9.02. The van der Waals surface area contributed by atoms with E-state index in [1.165, 1.54) is 0 Å². The number of hydrogen-bond donors (Lipinski definition) is 2. The fourth-order valence-corrected chi connectivity index (χ4v) is 1.79. The van der Waals surface area contributed by atoms with E-state index in [2.05, 4.69) is 12.2 Å². The summed E-state index contributed by atoms with van der Waals surface area (Å²) >= 11 is 0. The number of aliphatic carboxylic acids is 1. The van der Waals surface area contributed by atoms with Gasteiger partial charge in [-0.15, -0.1) is 0 Å². The predicted molar refractivity (Wildman–Crippen MR) is 75.1 cm³/mol. The number of benzene rings is 1. The quantitative estimate of drug-likeness (QED) is 0.794. The standard InChI is InChI=1S/C15H21NO3/c1-3-4-5-11(2)15(19)16-13-8-6-12(7-9-13)10-14(17)18/h6-9,11H,3-5,10H2,1-2H3,(H,16,19)(H,17,18). The third-order valence-electron chi connectivity index (χ3n) is 3.02. The Labute approximate surface area is 113 Å². The molecule has 4 nitrogen and oxygen atoms in total. The molecule has 1 unspecified atom stereocenters. The molecule has 4 heteroatoms. The van der Waals surface area contributed by atoms with Crippen LogP contribution in [0.1, 0.15) is 38.7 Å². The van der Waals surface area contributed by atoms with E-state index in [1.54, 1.807) is 24.3 Å². The summed E-state index contributed by atoms with van der Waals surface area (Å²) < 4.78 is 0. The number of hydrogen-bond acceptors (Lipinski definition) is 2. The van der Waals surface area contributed by atoms with Crippen LogP contribution in [0.15, 0.2) is 24.3 Å². The van der Waals surface area contributed by atoms with Gasteiger partial charge in [0, 0.05) is 11.6 Å². The van der Waals surface area contributed by atoms with E-state index in [4.69, 9.17) is 5.11 Å². The topological polar surface area (TPSA) is 66.4 Å². The number of carbonyl (C=O) groups excluding carboxylic acids is 1. The van der Waals surface area contributed by atoms with Crippen LogP contribution in [0.2, 0.25) is 0 Å². The van der Waals surface area contributed by atoms with Crippen molar-refractivity contribution >= 4 is 17.6 Å². The van der Waals surface area contributed by atoms with E-state index < -0.39 is 5.97 Å². The second-order valence-electron chi connectivity index (χ2n) is 4.80. The number of carboxylic acids is 1. The average molecular weight is 263 g/mol. The third kappa shape index (κ3) is 5.55. The van der Waals surface area contributed by atoms with E-state index in [1.807, 2.05) is 6.92 Å². The van der Waals surface area contributed by atoms with E-state index in [9.17, 15) is 9.59 Å². The summed E-state index contributed by atoms with van der Waals surface area (Å²) in [5.41, 5.74) is 1.44. The highest BCUT2D eigenvalue weighted by molar-refractivity contribution is 5.92. The maximum absolute atomic E-state index is 11.9. The highest BCUT2D eigenvalue weighted by Crippen LogP contribution is 2.14. The van der Waals surface area contributed by atoms with Gasteiger partial charge in [0.05, 0.1) is 6.42 Å². The summed E-state index contributed by atoms with van der Waals surface area (Å²) in [5.74, 6) is -0.844. The minimum atomic E-state index is -0.857. The fourth-order valence-electron chi connectivity index (χ4n) is 1.79. The molecular formula is C15H21NO3. The van der Waals surface area contributed by atoms with Gasteiger partial charge >= 0.3 is 5.97 Å². The number of rotatable bonds is 7. The van der Waals surface area contributed by atoms with Gasteiger partial charge in [-0.1, -0.05) is 38.8 Å². The van der Waals surface area contributed by atoms with Gasteiger partial charge in [-0.05, 0) is 24.1 Å². The molecule has 1 amide bonds. The van der Waals surface area contributed by atoms with E-state index in [-0.39, 0.29) is 18.2 Å². The summed E-state index contributed by atoms with van der Waals surface area (Å²) in [6, 6.07) is 6.92. The highest BCUT2D eigenvalue weighted by Gasteiger charge is 2.12. The normalized spacial score (nSPS) is 11.9. The van der Waals surface area contributed by atoms with Crippen LogP contribution in [-0.4, -0.2) is 17.0 Å². The zero-order chi connectivity index (χ0) is 14.3. The summed E-state index contributed by atoms with van der Waals surface area (Å²) in [4.78, 5) is 22.4. The van der Waals surface area contributed by atoms with Crippen molar-refractivity contribution in [3.05, 3.63) is 29.8 Å². The number of carbonyl (C=O) groups is 2. The van der Waals surface area contributed by atoms with Crippen molar-refractivity contribution in [2.45, 2.75) is 39.5 Å². The Bertz CT molecular complexity index is 426. The molecule has 0 aliphatic heterocycles. The lowest BCUT2D eigenvalue weighted by Crippen LogP contribution is -2.20. The van der Waals surface area contributed by atoms with Gasteiger partial charge < -0.3 is 10.4 Å². The zero-order valence-corrected chi connectivity index (χ0v) is 11.5. The van der Waals surface area contributed by atoms with Crippen molar-refractivity contribution in [3.63, 3.8) is 0 Å². The molecule has 0 saturated carbocycles. The molecule has 1 rings (SSSR count). The SMILES string of the molecule is CCCCC(C)C(=O)Nc1ccc(CC(=O)O)cc1. The van der Waals surface area contributed by atoms with Crippen LogP contribution < -0.4 is 5.32 Å². The summed E-state index contributed by atoms with van der Waals surface area (Å²) in [6.45, 7) is 4.02. The number of carboxylic acid groups (broad SMARTS) is 1. The van der Waals surface area contributed by atoms with Crippen LogP contribution >= 0.6 is 0 Å². The Morgan fingerprint density at radius 1 is 1.26 bits per heavy atom. The van der Waals surface area contributed by atoms with E-state index in [0.717, 1.165) is 24.8 Å². The Kier molecular flexibility index (Phi) is 6.06. The molecule has 0 spiro atoms. The lowest BCUT2D eigenvalue weighted by Gasteiger charge is -2.11. The van der Waals surface area contributed by atoms with Gasteiger partial charge in [0.15, 0.2) is 0 Å². The van der Waals surface area contributed by atoms with Gasteiger partial charge in [0.25, 0.3) is 0 Å². The van der Waals surface area contributed by atoms with Crippen LogP contribution in [0.25, 0.3) is 0 Å². The van der Waals surface area contributed by atoms with E-state index >= 15 is 0 Å². The minimum Gasteiger partial charge on any atom is -0.481 e. The van der Waals surface area contributed by atoms with Gasteiger partial charge in [0.1, 0.15) is 0 Å². The van der Waals surface area contributed by atoms with Crippen LogP contribution in [0.4, 0.5) is 5.69 Å². The molecule has 1 atom stereocenters. The van der Waals surface area contributed by atoms with Crippen LogP contribution in [0, 0.1) is 5.92 Å². The molecule has 1 aromatic rings. The monoisotopic (exact) mass is 263 g/mol. The highest BCUT2D eigenvalue weighted by atomic mass is 16.4. The molecule has 0 saturated heterocycles. The van der Waals surface area contributed by atoms with Crippen molar-refractivity contribution in [2.75, 3.05) is 5.32 Å². The van der Waals surface area contributed by atoms with Gasteiger partial charge in [-0.25, -0.2) is 0 Å². The number of amides is 1. The van der Waals surface area contributed by atoms with Crippen LogP contribution in [-0.2, 0) is 16.0 Å². The Morgan fingerprint density at radius 3 is 2.42 bits per heavy atom. The van der Waals surface area contributed by atoms with Gasteiger partial charge in [0.2, 0.25) is 5.91 Å². The smallest absolute Gasteiger partial charge is 0.307 e. The maximum Gasteiger partial charge on any atom is 0.307 e. The molecule has 0 heterocycles. The van der Waals surface area contributed by atoms with Crippen LogP contribution in [0.3, 0.4) is 0 Å². The molecule has 19 heavy (non-hydrogen) atoms. The van der Waals surface area contributed by atoms with Crippen molar-refractivity contribution in [2.24, 2.45) is 5.92 Å². The molecule has 0 aromatic heterocycles. The molecule has 1 aromatic carbocycles. The molecule has 0 fully saturated rings. The minimum absolute atomic E-state index is 0.00112. The summed E-state index contributed by atoms with van der Waals surface area (Å²) in [6.07, 6.45) is 3.02. The predicted octanol–water partition coefficient (Wildman–Crippen LogP) is 3.08. The van der Waals surface area contributed by atoms with Gasteiger partial charge in [-0.2, -0.15) is 0 Å². The first kappa shape index (κ1) is 15.2. The maximum atomic E-state index is 11.9. The summed E-state index contributed by atoms with van der Waals surface area (Å²) in [5, 5.41) is 11.5. The molecule has 0 aliphatic carbocycles. The molecule has 0 radical (unpaired) electrons. The Hall–Kier alpha value is -1.84. The van der Waals surface area contributed by atoms with Crippen molar-refractivity contribution in [1.82, 2.24) is 0 Å². The second kappa shape index (κ2) is 7.56. The fraction of sp³-hybridized carbons (Fsp3) is 0.467. The number of nitrogens with one attached hydrogen (secondary N) is 1. The van der Waals surface area contributed by atoms with Crippen molar-refractivity contribution < 1.29 is 14.7 Å². The third-order valence-corrected chi connectivity index (χ3v) is 3.02. The second-order valence-corrected chi connectivity index (χ2v) is 4.80. The van der Waals surface area contributed by atoms with Gasteiger partial charge in [-0.3, -0.25) is 9.59 Å². The Balaban J connectivity index is 2.52. The first-order valence-electron chi connectivity index (χ1n) is 6.64. The van der Waals surface area contributed by atoms with Crippen molar-refractivity contribution in [1.29, 1.82) is 0 Å². The lowest BCUT2D eigenvalue weighted by molar-refractivity contribution is -0.136. The zero-order valence-electron chi connectivity index (χ0n) is 11.5. The Morgan fingerprint density at radius 2 is 1.89 bits per heavy atom. The lowest BCUT2D eigenvalue weighted by atomic mass is 10.0. The summed E-state index contributed by atoms with van der Waals surface area (Å²) in [7, 11) is 0. The van der Waals surface area contributed by atoms with Crippen molar-refractivity contribution in [3.8, 4) is 0 Å².